The Hall–Kier alpha value is -4.45. The number of rotatable bonds is 62. The lowest BCUT2D eigenvalue weighted by molar-refractivity contribution is -0.167. The number of allylic oxidation sites excluding steroid dienone is 22. The van der Waals surface area contributed by atoms with Crippen LogP contribution in [-0.2, 0) is 28.6 Å². The summed E-state index contributed by atoms with van der Waals surface area (Å²) in [5, 5.41) is 0. The van der Waals surface area contributed by atoms with Gasteiger partial charge in [0.05, 0.1) is 0 Å². The molecule has 0 aromatic carbocycles. The van der Waals surface area contributed by atoms with Gasteiger partial charge in [-0.25, -0.2) is 0 Å². The van der Waals surface area contributed by atoms with Crippen molar-refractivity contribution in [1.82, 2.24) is 0 Å². The lowest BCUT2D eigenvalue weighted by Crippen LogP contribution is -2.30. The number of hydrogen-bond acceptors (Lipinski definition) is 6. The van der Waals surface area contributed by atoms with E-state index in [1.54, 1.807) is 0 Å². The topological polar surface area (TPSA) is 78.9 Å². The normalized spacial score (nSPS) is 13.0. The maximum Gasteiger partial charge on any atom is 0.306 e. The summed E-state index contributed by atoms with van der Waals surface area (Å²) in [7, 11) is 0. The molecule has 6 nitrogen and oxygen atoms in total. The minimum Gasteiger partial charge on any atom is -0.462 e. The number of ether oxygens (including phenoxy) is 3. The molecule has 0 aliphatic carbocycles. The van der Waals surface area contributed by atoms with E-state index in [0.717, 1.165) is 128 Å². The number of hydrogen-bond donors (Lipinski definition) is 0. The van der Waals surface area contributed by atoms with Crippen LogP contribution >= 0.6 is 0 Å². The molecule has 472 valence electrons. The quantitative estimate of drug-likeness (QED) is 0.0261. The molecule has 1 unspecified atom stereocenters. The van der Waals surface area contributed by atoms with Crippen molar-refractivity contribution in [3.63, 3.8) is 0 Å². The van der Waals surface area contributed by atoms with Crippen molar-refractivity contribution in [2.24, 2.45) is 0 Å². The first kappa shape index (κ1) is 78.5. The molecular weight excluding hydrogens is 1020 g/mol. The van der Waals surface area contributed by atoms with Crippen LogP contribution in [0.15, 0.2) is 134 Å². The average Bonchev–Trinajstić information content (AvgIpc) is 3.49. The van der Waals surface area contributed by atoms with Crippen LogP contribution in [-0.4, -0.2) is 37.2 Å². The van der Waals surface area contributed by atoms with E-state index in [-0.39, 0.29) is 31.1 Å². The second-order valence-electron chi connectivity index (χ2n) is 22.7. The van der Waals surface area contributed by atoms with Crippen molar-refractivity contribution < 1.29 is 28.6 Å². The summed E-state index contributed by atoms with van der Waals surface area (Å²) in [6, 6.07) is 0. The summed E-state index contributed by atoms with van der Waals surface area (Å²) < 4.78 is 16.9. The summed E-state index contributed by atoms with van der Waals surface area (Å²) in [5.41, 5.74) is 0. The molecule has 0 rings (SSSR count). The minimum absolute atomic E-state index is 0.0951. The molecule has 0 amide bonds. The monoisotopic (exact) mass is 1150 g/mol. The molecule has 0 bridgehead atoms. The Labute approximate surface area is 513 Å². The zero-order chi connectivity index (χ0) is 59.9. The Morgan fingerprint density at radius 2 is 0.470 bits per heavy atom. The van der Waals surface area contributed by atoms with Gasteiger partial charge in [0.1, 0.15) is 13.2 Å². The number of unbranched alkanes of at least 4 members (excludes halogenated alkanes) is 29. The van der Waals surface area contributed by atoms with E-state index in [2.05, 4.69) is 154 Å². The van der Waals surface area contributed by atoms with Crippen molar-refractivity contribution in [2.75, 3.05) is 13.2 Å². The fourth-order valence-electron chi connectivity index (χ4n) is 9.49. The SMILES string of the molecule is CC/C=C\C/C=C\C/C=C\C/C=C\C/C=C\CCCCCCCCCCCCCCCCCCCC(=O)OCC(COC(=O)CCCC/C=C\C/C=C\C/C=C\C/C=C\CC)OC(=O)CCCCCCCCC/C=C\C/C=C\CCCCC. The highest BCUT2D eigenvalue weighted by atomic mass is 16.6. The van der Waals surface area contributed by atoms with Crippen molar-refractivity contribution in [1.29, 1.82) is 0 Å². The second kappa shape index (κ2) is 70.0. The second-order valence-corrected chi connectivity index (χ2v) is 22.7. The van der Waals surface area contributed by atoms with E-state index < -0.39 is 6.10 Å². The van der Waals surface area contributed by atoms with Crippen LogP contribution in [0.25, 0.3) is 0 Å². The lowest BCUT2D eigenvalue weighted by atomic mass is 10.0. The van der Waals surface area contributed by atoms with E-state index in [9.17, 15) is 14.4 Å². The summed E-state index contributed by atoms with van der Waals surface area (Å²) in [6.45, 7) is 6.37. The fourth-order valence-corrected chi connectivity index (χ4v) is 9.49. The van der Waals surface area contributed by atoms with Crippen LogP contribution in [0.2, 0.25) is 0 Å². The molecule has 0 spiro atoms. The summed E-state index contributed by atoms with van der Waals surface area (Å²) in [5.74, 6) is -0.938. The van der Waals surface area contributed by atoms with E-state index in [0.29, 0.717) is 19.3 Å². The largest absolute Gasteiger partial charge is 0.462 e. The van der Waals surface area contributed by atoms with Crippen molar-refractivity contribution in [3.05, 3.63) is 134 Å². The van der Waals surface area contributed by atoms with E-state index in [1.807, 2.05) is 0 Å². The van der Waals surface area contributed by atoms with Crippen LogP contribution < -0.4 is 0 Å². The molecule has 0 heterocycles. The number of carbonyl (C=O) groups excluding carboxylic acids is 3. The molecule has 0 aliphatic heterocycles. The van der Waals surface area contributed by atoms with Crippen molar-refractivity contribution >= 4 is 17.9 Å². The average molecular weight is 1150 g/mol. The molecule has 6 heteroatoms. The van der Waals surface area contributed by atoms with E-state index in [4.69, 9.17) is 14.2 Å². The molecule has 0 aromatic heterocycles. The zero-order valence-corrected chi connectivity index (χ0v) is 54.2. The summed E-state index contributed by atoms with van der Waals surface area (Å²) in [6.07, 6.45) is 99.1. The van der Waals surface area contributed by atoms with Gasteiger partial charge in [-0.1, -0.05) is 296 Å². The first-order valence-corrected chi connectivity index (χ1v) is 34.7. The van der Waals surface area contributed by atoms with Crippen LogP contribution in [0, 0.1) is 0 Å². The molecule has 0 N–H and O–H groups in total. The molecule has 0 radical (unpaired) electrons. The first-order chi connectivity index (χ1) is 41.0. The smallest absolute Gasteiger partial charge is 0.306 e. The van der Waals surface area contributed by atoms with E-state index in [1.165, 1.54) is 148 Å². The maximum atomic E-state index is 12.9. The predicted molar refractivity (Wildman–Crippen MR) is 362 cm³/mol. The highest BCUT2D eigenvalue weighted by Gasteiger charge is 2.19. The van der Waals surface area contributed by atoms with Crippen LogP contribution in [0.1, 0.15) is 316 Å². The molecule has 0 saturated carbocycles. The minimum atomic E-state index is -0.803. The fraction of sp³-hybridized carbons (Fsp3) is 0.675. The third-order valence-corrected chi connectivity index (χ3v) is 14.6. The highest BCUT2D eigenvalue weighted by Crippen LogP contribution is 2.17. The van der Waals surface area contributed by atoms with Crippen LogP contribution in [0.3, 0.4) is 0 Å². The van der Waals surface area contributed by atoms with Gasteiger partial charge >= 0.3 is 17.9 Å². The first-order valence-electron chi connectivity index (χ1n) is 34.7. The Morgan fingerprint density at radius 3 is 0.759 bits per heavy atom. The van der Waals surface area contributed by atoms with E-state index >= 15 is 0 Å². The Bertz CT molecular complexity index is 1750. The Kier molecular flexibility index (Phi) is 66.3. The van der Waals surface area contributed by atoms with Gasteiger partial charge in [0.2, 0.25) is 0 Å². The highest BCUT2D eigenvalue weighted by molar-refractivity contribution is 5.71. The van der Waals surface area contributed by atoms with Gasteiger partial charge in [-0.2, -0.15) is 0 Å². The standard InChI is InChI=1S/C77H128O6/c1-4-7-10-13-16-19-22-25-28-30-31-32-33-34-35-36-37-38-39-40-41-42-43-44-45-47-49-52-55-58-61-64-67-70-76(79)82-73-74(72-81-75(78)69-66-63-60-57-54-51-48-27-24-21-18-15-12-9-6-3)83-77(80)71-68-65-62-59-56-53-50-46-29-26-23-20-17-14-11-8-5-2/h7,9-10,12,16-21,25-29,31-32,34-35,48,54,57,74H,4-6,8,11,13-15,22-24,30,33,36-47,49-53,55-56,58-73H2,1-3H3/b10-7-,12-9-,19-16-,20-17-,21-18-,28-25-,29-26-,32-31-,35-34-,48-27-,57-54-. The summed E-state index contributed by atoms with van der Waals surface area (Å²) >= 11 is 0. The molecule has 1 atom stereocenters. The van der Waals surface area contributed by atoms with Crippen LogP contribution in [0.5, 0.6) is 0 Å². The van der Waals surface area contributed by atoms with Gasteiger partial charge in [0.15, 0.2) is 6.10 Å². The maximum absolute atomic E-state index is 12.9. The van der Waals surface area contributed by atoms with Crippen molar-refractivity contribution in [3.8, 4) is 0 Å². The number of carbonyl (C=O) groups is 3. The summed E-state index contributed by atoms with van der Waals surface area (Å²) in [4.78, 5) is 38.4. The number of esters is 3. The third kappa shape index (κ3) is 68.2. The molecule has 83 heavy (non-hydrogen) atoms. The van der Waals surface area contributed by atoms with Gasteiger partial charge in [-0.05, 0) is 135 Å². The van der Waals surface area contributed by atoms with Gasteiger partial charge < -0.3 is 14.2 Å². The molecular formula is C77H128O6. The van der Waals surface area contributed by atoms with Gasteiger partial charge in [-0.3, -0.25) is 14.4 Å². The lowest BCUT2D eigenvalue weighted by Gasteiger charge is -2.18. The van der Waals surface area contributed by atoms with Gasteiger partial charge in [0, 0.05) is 19.3 Å². The molecule has 0 aromatic rings. The molecule has 0 aliphatic rings. The Morgan fingerprint density at radius 1 is 0.253 bits per heavy atom. The zero-order valence-electron chi connectivity index (χ0n) is 54.2. The third-order valence-electron chi connectivity index (χ3n) is 14.6. The van der Waals surface area contributed by atoms with Crippen LogP contribution in [0.4, 0.5) is 0 Å². The molecule has 0 fully saturated rings. The van der Waals surface area contributed by atoms with Gasteiger partial charge in [-0.15, -0.1) is 0 Å². The van der Waals surface area contributed by atoms with Crippen molar-refractivity contribution in [2.45, 2.75) is 322 Å². The van der Waals surface area contributed by atoms with Gasteiger partial charge in [0.25, 0.3) is 0 Å². The molecule has 0 saturated heterocycles. The predicted octanol–water partition coefficient (Wildman–Crippen LogP) is 24.1. The Balaban J connectivity index is 4.25.